The molecule has 1 aliphatic heterocycles. The molecule has 0 spiro atoms. The van der Waals surface area contributed by atoms with Gasteiger partial charge in [0.2, 0.25) is 0 Å². The van der Waals surface area contributed by atoms with Gasteiger partial charge in [0.05, 0.1) is 11.8 Å². The topological polar surface area (TPSA) is 60.8 Å². The van der Waals surface area contributed by atoms with E-state index in [1.165, 1.54) is 6.07 Å². The number of fused-ring (bicyclic) bond motifs is 1. The smallest absolute Gasteiger partial charge is 0.163 e. The van der Waals surface area contributed by atoms with Gasteiger partial charge in [-0.25, -0.2) is 19.3 Å². The Morgan fingerprint density at radius 1 is 1.00 bits per heavy atom. The van der Waals surface area contributed by atoms with Crippen LogP contribution in [0, 0.1) is 19.7 Å². The molecule has 1 aromatic carbocycles. The second-order valence-corrected chi connectivity index (χ2v) is 8.63. The van der Waals surface area contributed by atoms with Crippen molar-refractivity contribution in [2.75, 3.05) is 6.61 Å². The molecule has 4 aromatic rings. The maximum atomic E-state index is 14.8. The van der Waals surface area contributed by atoms with Gasteiger partial charge in [0.25, 0.3) is 0 Å². The van der Waals surface area contributed by atoms with Crippen molar-refractivity contribution in [3.63, 3.8) is 0 Å². The first kappa shape index (κ1) is 20.9. The van der Waals surface area contributed by atoms with Crippen molar-refractivity contribution in [2.45, 2.75) is 38.7 Å². The molecule has 0 saturated carbocycles. The molecule has 0 N–H and O–H groups in total. The summed E-state index contributed by atoms with van der Waals surface area (Å²) in [6.07, 6.45) is 3.28. The number of ether oxygens (including phenoxy) is 1. The van der Waals surface area contributed by atoms with E-state index in [0.717, 1.165) is 29.8 Å². The zero-order valence-corrected chi connectivity index (χ0v) is 18.6. The Hall–Kier alpha value is -2.96. The molecular formula is C25H22ClFN4O. The van der Waals surface area contributed by atoms with Crippen molar-refractivity contribution in [1.82, 2.24) is 19.9 Å². The van der Waals surface area contributed by atoms with Crippen molar-refractivity contribution in [3.8, 4) is 11.3 Å². The third kappa shape index (κ3) is 4.08. The molecule has 162 valence electrons. The molecule has 5 rings (SSSR count). The van der Waals surface area contributed by atoms with Gasteiger partial charge in [-0.15, -0.1) is 0 Å². The predicted molar refractivity (Wildman–Crippen MR) is 122 cm³/mol. The van der Waals surface area contributed by atoms with Crippen LogP contribution in [0.15, 0.2) is 48.7 Å². The third-order valence-electron chi connectivity index (χ3n) is 5.84. The Morgan fingerprint density at radius 3 is 2.69 bits per heavy atom. The molecule has 32 heavy (non-hydrogen) atoms. The molecule has 5 nitrogen and oxygen atoms in total. The standard InChI is InChI=1S/C25H22ClFN4O/c1-14-3-5-20-23(19-6-4-18(26)13-21(19)27)30-24(31-25(20)29-14)17-8-10-32-22(12-17)16-7-9-28-15(2)11-16/h3-7,9,11,13,17,22H,8,10,12H2,1-2H3/t17-,22-/m1/s1. The quantitative estimate of drug-likeness (QED) is 0.377. The van der Waals surface area contributed by atoms with Crippen molar-refractivity contribution in [2.24, 2.45) is 0 Å². The van der Waals surface area contributed by atoms with Crippen LogP contribution in [0.25, 0.3) is 22.3 Å². The molecule has 0 amide bonds. The van der Waals surface area contributed by atoms with Gasteiger partial charge in [0.15, 0.2) is 5.65 Å². The summed E-state index contributed by atoms with van der Waals surface area (Å²) in [4.78, 5) is 18.6. The fraction of sp³-hybridized carbons (Fsp3) is 0.280. The number of nitrogens with zero attached hydrogens (tertiary/aromatic N) is 4. The summed E-state index contributed by atoms with van der Waals surface area (Å²) in [5.41, 5.74) is 4.40. The molecule has 2 atom stereocenters. The van der Waals surface area contributed by atoms with Gasteiger partial charge in [-0.05, 0) is 74.7 Å². The normalized spacial score (nSPS) is 18.8. The van der Waals surface area contributed by atoms with E-state index in [0.29, 0.717) is 39.7 Å². The number of halogens is 2. The Kier molecular flexibility index (Phi) is 5.57. The lowest BCUT2D eigenvalue weighted by Gasteiger charge is -2.29. The van der Waals surface area contributed by atoms with Crippen LogP contribution in [0.3, 0.4) is 0 Å². The summed E-state index contributed by atoms with van der Waals surface area (Å²) >= 11 is 5.98. The first-order chi connectivity index (χ1) is 15.5. The average Bonchev–Trinajstić information content (AvgIpc) is 2.78. The molecule has 0 bridgehead atoms. The number of hydrogen-bond acceptors (Lipinski definition) is 5. The number of aryl methyl sites for hydroxylation is 2. The zero-order valence-electron chi connectivity index (χ0n) is 17.8. The zero-order chi connectivity index (χ0) is 22.2. The molecule has 7 heteroatoms. The van der Waals surface area contributed by atoms with Crippen LogP contribution in [-0.4, -0.2) is 26.5 Å². The summed E-state index contributed by atoms with van der Waals surface area (Å²) in [6, 6.07) is 12.5. The van der Waals surface area contributed by atoms with Crippen LogP contribution in [0.4, 0.5) is 4.39 Å². The van der Waals surface area contributed by atoms with Crippen LogP contribution in [-0.2, 0) is 4.74 Å². The number of hydrogen-bond donors (Lipinski definition) is 0. The minimum atomic E-state index is -0.416. The second-order valence-electron chi connectivity index (χ2n) is 8.19. The molecular weight excluding hydrogens is 427 g/mol. The monoisotopic (exact) mass is 448 g/mol. The first-order valence-corrected chi connectivity index (χ1v) is 11.0. The SMILES string of the molecule is Cc1cc([C@H]2C[C@H](c3nc(-c4ccc(Cl)cc4F)c4ccc(C)nc4n3)CCO2)ccn1. The van der Waals surface area contributed by atoms with E-state index in [2.05, 4.69) is 9.97 Å². The molecule has 1 saturated heterocycles. The number of pyridine rings is 2. The van der Waals surface area contributed by atoms with E-state index in [9.17, 15) is 4.39 Å². The van der Waals surface area contributed by atoms with Gasteiger partial charge in [0.1, 0.15) is 11.6 Å². The van der Waals surface area contributed by atoms with Gasteiger partial charge in [-0.3, -0.25) is 4.98 Å². The van der Waals surface area contributed by atoms with Crippen LogP contribution in [0.5, 0.6) is 0 Å². The van der Waals surface area contributed by atoms with E-state index in [-0.39, 0.29) is 12.0 Å². The van der Waals surface area contributed by atoms with Crippen molar-refractivity contribution in [3.05, 3.63) is 82.3 Å². The molecule has 1 fully saturated rings. The van der Waals surface area contributed by atoms with Crippen molar-refractivity contribution < 1.29 is 9.13 Å². The van der Waals surface area contributed by atoms with Crippen LogP contribution < -0.4 is 0 Å². The lowest BCUT2D eigenvalue weighted by atomic mass is 9.91. The highest BCUT2D eigenvalue weighted by atomic mass is 35.5. The Labute approximate surface area is 190 Å². The maximum Gasteiger partial charge on any atom is 0.163 e. The van der Waals surface area contributed by atoms with E-state index in [4.69, 9.17) is 26.3 Å². The van der Waals surface area contributed by atoms with Gasteiger partial charge in [0, 0.05) is 46.1 Å². The number of benzene rings is 1. The minimum Gasteiger partial charge on any atom is -0.373 e. The molecule has 3 aromatic heterocycles. The molecule has 4 heterocycles. The van der Waals surface area contributed by atoms with E-state index < -0.39 is 5.82 Å². The first-order valence-electron chi connectivity index (χ1n) is 10.6. The summed E-state index contributed by atoms with van der Waals surface area (Å²) in [6.45, 7) is 4.49. The average molecular weight is 449 g/mol. The molecule has 1 aliphatic rings. The fourth-order valence-electron chi connectivity index (χ4n) is 4.22. The Bertz CT molecular complexity index is 1310. The number of rotatable bonds is 3. The summed E-state index contributed by atoms with van der Waals surface area (Å²) in [5, 5.41) is 1.06. The molecule has 0 radical (unpaired) electrons. The number of aromatic nitrogens is 4. The van der Waals surface area contributed by atoms with Crippen molar-refractivity contribution in [1.29, 1.82) is 0 Å². The highest BCUT2D eigenvalue weighted by Gasteiger charge is 2.28. The van der Waals surface area contributed by atoms with E-state index >= 15 is 0 Å². The summed E-state index contributed by atoms with van der Waals surface area (Å²) in [5.74, 6) is 0.322. The molecule has 0 aliphatic carbocycles. The Balaban J connectivity index is 1.59. The van der Waals surface area contributed by atoms with Gasteiger partial charge >= 0.3 is 0 Å². The summed E-state index contributed by atoms with van der Waals surface area (Å²) < 4.78 is 20.9. The highest BCUT2D eigenvalue weighted by Crippen LogP contribution is 2.38. The van der Waals surface area contributed by atoms with Crippen molar-refractivity contribution >= 4 is 22.6 Å². The lowest BCUT2D eigenvalue weighted by Crippen LogP contribution is -2.21. The lowest BCUT2D eigenvalue weighted by molar-refractivity contribution is 0.00393. The van der Waals surface area contributed by atoms with Crippen LogP contribution in [0.2, 0.25) is 5.02 Å². The van der Waals surface area contributed by atoms with Crippen LogP contribution in [0.1, 0.15) is 47.6 Å². The van der Waals surface area contributed by atoms with Gasteiger partial charge in [-0.1, -0.05) is 11.6 Å². The third-order valence-corrected chi connectivity index (χ3v) is 6.08. The largest absolute Gasteiger partial charge is 0.373 e. The van der Waals surface area contributed by atoms with E-state index in [1.807, 2.05) is 38.1 Å². The minimum absolute atomic E-state index is 0.0593. The fourth-order valence-corrected chi connectivity index (χ4v) is 4.38. The van der Waals surface area contributed by atoms with E-state index in [1.54, 1.807) is 18.3 Å². The molecule has 0 unspecified atom stereocenters. The van der Waals surface area contributed by atoms with Gasteiger partial charge in [-0.2, -0.15) is 0 Å². The highest BCUT2D eigenvalue weighted by molar-refractivity contribution is 6.30. The van der Waals surface area contributed by atoms with Crippen LogP contribution >= 0.6 is 11.6 Å². The predicted octanol–water partition coefficient (Wildman–Crippen LogP) is 6.13. The second kappa shape index (κ2) is 8.52. The maximum absolute atomic E-state index is 14.8. The van der Waals surface area contributed by atoms with Gasteiger partial charge < -0.3 is 4.74 Å². The Morgan fingerprint density at radius 2 is 1.88 bits per heavy atom. The summed E-state index contributed by atoms with van der Waals surface area (Å²) in [7, 11) is 0.